The average molecular weight is 263 g/mol. The molecule has 1 aliphatic carbocycles. The Bertz CT molecular complexity index is 394. The summed E-state index contributed by atoms with van der Waals surface area (Å²) in [5.74, 6) is 1.67. The van der Waals surface area contributed by atoms with Gasteiger partial charge in [-0.2, -0.15) is 0 Å². The van der Waals surface area contributed by atoms with Crippen LogP contribution in [0.15, 0.2) is 18.2 Å². The Kier molecular flexibility index (Phi) is 5.38. The summed E-state index contributed by atoms with van der Waals surface area (Å²) in [6.07, 6.45) is 6.88. The second kappa shape index (κ2) is 7.04. The van der Waals surface area contributed by atoms with E-state index in [4.69, 9.17) is 0 Å². The Hall–Kier alpha value is -0.890. The molecular weight excluding hydrogens is 237 g/mol. The molecule has 0 bridgehead atoms. The van der Waals surface area contributed by atoms with Crippen LogP contribution in [-0.4, -0.2) is 6.54 Å². The molecule has 1 nitrogen and oxygen atoms in total. The second-order valence-corrected chi connectivity index (χ2v) is 6.00. The number of aryl methyl sites for hydroxylation is 1. The van der Waals surface area contributed by atoms with Gasteiger partial charge in [-0.1, -0.05) is 32.3 Å². The predicted molar refractivity (Wildman–Crippen MR) is 78.6 cm³/mol. The molecule has 1 aromatic carbocycles. The third kappa shape index (κ3) is 4.31. The lowest BCUT2D eigenvalue weighted by Gasteiger charge is -2.28. The summed E-state index contributed by atoms with van der Waals surface area (Å²) in [7, 11) is 0. The molecule has 0 spiro atoms. The topological polar surface area (TPSA) is 12.0 Å². The fraction of sp³-hybridized carbons (Fsp3) is 0.647. The van der Waals surface area contributed by atoms with Crippen LogP contribution in [0.2, 0.25) is 0 Å². The molecule has 2 heteroatoms. The number of benzene rings is 1. The molecule has 2 rings (SSSR count). The number of nitrogens with one attached hydrogen (secondary N) is 1. The van der Waals surface area contributed by atoms with Gasteiger partial charge >= 0.3 is 0 Å². The Morgan fingerprint density at radius 2 is 1.84 bits per heavy atom. The van der Waals surface area contributed by atoms with E-state index >= 15 is 0 Å². The molecule has 1 fully saturated rings. The van der Waals surface area contributed by atoms with Gasteiger partial charge in [0.05, 0.1) is 0 Å². The van der Waals surface area contributed by atoms with Crippen molar-refractivity contribution in [2.75, 3.05) is 6.54 Å². The van der Waals surface area contributed by atoms with E-state index in [1.54, 1.807) is 12.1 Å². The minimum atomic E-state index is -0.140. The maximum absolute atomic E-state index is 13.0. The standard InChI is InChI=1S/C17H26FN/c1-3-14-4-6-15(7-5-14)11-19-12-16-8-9-17(18)10-13(16)2/h8-10,14-15,19H,3-7,11-12H2,1-2H3. The quantitative estimate of drug-likeness (QED) is 0.828. The van der Waals surface area contributed by atoms with Crippen molar-refractivity contribution in [3.05, 3.63) is 35.1 Å². The van der Waals surface area contributed by atoms with Gasteiger partial charge in [-0.05, 0) is 61.4 Å². The van der Waals surface area contributed by atoms with Crippen LogP contribution in [0.4, 0.5) is 4.39 Å². The smallest absolute Gasteiger partial charge is 0.123 e. The summed E-state index contributed by atoms with van der Waals surface area (Å²) in [6, 6.07) is 5.06. The van der Waals surface area contributed by atoms with Gasteiger partial charge in [0.25, 0.3) is 0 Å². The molecule has 0 saturated heterocycles. The first-order chi connectivity index (χ1) is 9.19. The lowest BCUT2D eigenvalue weighted by molar-refractivity contribution is 0.262. The molecule has 106 valence electrons. The van der Waals surface area contributed by atoms with E-state index < -0.39 is 0 Å². The highest BCUT2D eigenvalue weighted by Crippen LogP contribution is 2.30. The van der Waals surface area contributed by atoms with Crippen molar-refractivity contribution in [2.45, 2.75) is 52.5 Å². The SMILES string of the molecule is CCC1CCC(CNCc2ccc(F)cc2C)CC1. The zero-order valence-corrected chi connectivity index (χ0v) is 12.2. The number of halogens is 1. The van der Waals surface area contributed by atoms with Gasteiger partial charge in [-0.3, -0.25) is 0 Å². The maximum Gasteiger partial charge on any atom is 0.123 e. The molecule has 1 N–H and O–H groups in total. The molecule has 0 unspecified atom stereocenters. The molecule has 0 atom stereocenters. The molecule has 19 heavy (non-hydrogen) atoms. The Balaban J connectivity index is 1.72. The molecule has 0 amide bonds. The molecule has 0 aromatic heterocycles. The molecule has 0 radical (unpaired) electrons. The van der Waals surface area contributed by atoms with Crippen LogP contribution in [0.25, 0.3) is 0 Å². The van der Waals surface area contributed by atoms with Crippen molar-refractivity contribution >= 4 is 0 Å². The highest BCUT2D eigenvalue weighted by molar-refractivity contribution is 5.26. The molecule has 1 aliphatic rings. The van der Waals surface area contributed by atoms with Crippen LogP contribution in [0.1, 0.15) is 50.2 Å². The van der Waals surface area contributed by atoms with Gasteiger partial charge < -0.3 is 5.32 Å². The van der Waals surface area contributed by atoms with Gasteiger partial charge in [0.2, 0.25) is 0 Å². The molecule has 1 saturated carbocycles. The molecular formula is C17H26FN. The zero-order valence-electron chi connectivity index (χ0n) is 12.2. The second-order valence-electron chi connectivity index (χ2n) is 6.00. The fourth-order valence-electron chi connectivity index (χ4n) is 3.11. The van der Waals surface area contributed by atoms with Crippen LogP contribution in [0.3, 0.4) is 0 Å². The molecule has 1 aromatic rings. The van der Waals surface area contributed by atoms with Gasteiger partial charge in [0.1, 0.15) is 5.82 Å². The number of hydrogen-bond donors (Lipinski definition) is 1. The van der Waals surface area contributed by atoms with Crippen molar-refractivity contribution in [1.82, 2.24) is 5.32 Å². The van der Waals surface area contributed by atoms with Crippen LogP contribution in [0.5, 0.6) is 0 Å². The van der Waals surface area contributed by atoms with Crippen molar-refractivity contribution < 1.29 is 4.39 Å². The summed E-state index contributed by atoms with van der Waals surface area (Å²) in [6.45, 7) is 6.25. The molecule has 0 heterocycles. The van der Waals surface area contributed by atoms with Crippen LogP contribution in [0, 0.1) is 24.6 Å². The van der Waals surface area contributed by atoms with E-state index in [-0.39, 0.29) is 5.82 Å². The lowest BCUT2D eigenvalue weighted by Crippen LogP contribution is -2.26. The first-order valence-electron chi connectivity index (χ1n) is 7.64. The first-order valence-corrected chi connectivity index (χ1v) is 7.64. The van der Waals surface area contributed by atoms with Crippen molar-refractivity contribution in [2.24, 2.45) is 11.8 Å². The third-order valence-corrected chi connectivity index (χ3v) is 4.60. The van der Waals surface area contributed by atoms with Gasteiger partial charge in [0.15, 0.2) is 0 Å². The zero-order chi connectivity index (χ0) is 13.7. The van der Waals surface area contributed by atoms with Crippen LogP contribution >= 0.6 is 0 Å². The Labute approximate surface area is 116 Å². The van der Waals surface area contributed by atoms with Crippen molar-refractivity contribution in [3.8, 4) is 0 Å². The summed E-state index contributed by atoms with van der Waals surface area (Å²) >= 11 is 0. The first kappa shape index (κ1) is 14.5. The minimum Gasteiger partial charge on any atom is -0.312 e. The van der Waals surface area contributed by atoms with Crippen LogP contribution < -0.4 is 5.32 Å². The van der Waals surface area contributed by atoms with Gasteiger partial charge in [0, 0.05) is 6.54 Å². The summed E-state index contributed by atoms with van der Waals surface area (Å²) < 4.78 is 13.0. The fourth-order valence-corrected chi connectivity index (χ4v) is 3.11. The third-order valence-electron chi connectivity index (χ3n) is 4.60. The minimum absolute atomic E-state index is 0.140. The Morgan fingerprint density at radius 3 is 2.47 bits per heavy atom. The van der Waals surface area contributed by atoms with E-state index in [1.165, 1.54) is 37.7 Å². The van der Waals surface area contributed by atoms with Crippen molar-refractivity contribution in [3.63, 3.8) is 0 Å². The Morgan fingerprint density at radius 1 is 1.16 bits per heavy atom. The number of rotatable bonds is 5. The predicted octanol–water partition coefficient (Wildman–Crippen LogP) is 4.44. The van der Waals surface area contributed by atoms with E-state index in [9.17, 15) is 4.39 Å². The normalized spacial score (nSPS) is 23.5. The number of hydrogen-bond acceptors (Lipinski definition) is 1. The van der Waals surface area contributed by atoms with Gasteiger partial charge in [-0.25, -0.2) is 4.39 Å². The van der Waals surface area contributed by atoms with Crippen molar-refractivity contribution in [1.29, 1.82) is 0 Å². The van der Waals surface area contributed by atoms with Crippen LogP contribution in [-0.2, 0) is 6.54 Å². The van der Waals surface area contributed by atoms with E-state index in [0.29, 0.717) is 0 Å². The highest BCUT2D eigenvalue weighted by Gasteiger charge is 2.19. The average Bonchev–Trinajstić information content (AvgIpc) is 2.42. The van der Waals surface area contributed by atoms with E-state index in [1.807, 2.05) is 13.0 Å². The summed E-state index contributed by atoms with van der Waals surface area (Å²) in [5.41, 5.74) is 2.26. The summed E-state index contributed by atoms with van der Waals surface area (Å²) in [5, 5.41) is 3.54. The van der Waals surface area contributed by atoms with Gasteiger partial charge in [-0.15, -0.1) is 0 Å². The van der Waals surface area contributed by atoms with E-state index in [2.05, 4.69) is 12.2 Å². The monoisotopic (exact) mass is 263 g/mol. The molecule has 0 aliphatic heterocycles. The summed E-state index contributed by atoms with van der Waals surface area (Å²) in [4.78, 5) is 0. The highest BCUT2D eigenvalue weighted by atomic mass is 19.1. The maximum atomic E-state index is 13.0. The largest absolute Gasteiger partial charge is 0.312 e. The lowest BCUT2D eigenvalue weighted by atomic mass is 9.81. The van der Waals surface area contributed by atoms with E-state index in [0.717, 1.165) is 30.5 Å².